The van der Waals surface area contributed by atoms with Gasteiger partial charge in [0.25, 0.3) is 0 Å². The Morgan fingerprint density at radius 2 is 2.11 bits per heavy atom. The van der Waals surface area contributed by atoms with E-state index in [-0.39, 0.29) is 0 Å². The molecule has 0 spiro atoms. The SMILES string of the molecule is CCNCc1cn(C)nc1-c1cc(Cl)ccc1Cl. The molecule has 0 fully saturated rings. The van der Waals surface area contributed by atoms with Crippen LogP contribution in [0.4, 0.5) is 0 Å². The van der Waals surface area contributed by atoms with E-state index in [0.717, 1.165) is 29.9 Å². The van der Waals surface area contributed by atoms with Gasteiger partial charge < -0.3 is 5.32 Å². The van der Waals surface area contributed by atoms with Crippen molar-refractivity contribution >= 4 is 23.2 Å². The van der Waals surface area contributed by atoms with Gasteiger partial charge in [-0.2, -0.15) is 5.10 Å². The molecule has 0 unspecified atom stereocenters. The lowest BCUT2D eigenvalue weighted by Crippen LogP contribution is -2.11. The second-order valence-electron chi connectivity index (χ2n) is 4.08. The molecule has 0 atom stereocenters. The highest BCUT2D eigenvalue weighted by Crippen LogP contribution is 2.31. The molecule has 0 aliphatic heterocycles. The summed E-state index contributed by atoms with van der Waals surface area (Å²) in [4.78, 5) is 0. The molecule has 0 amide bonds. The second kappa shape index (κ2) is 5.74. The molecule has 0 saturated carbocycles. The van der Waals surface area contributed by atoms with Crippen LogP contribution >= 0.6 is 23.2 Å². The first kappa shape index (κ1) is 13.4. The monoisotopic (exact) mass is 283 g/mol. The Morgan fingerprint density at radius 1 is 1.33 bits per heavy atom. The molecule has 2 rings (SSSR count). The highest BCUT2D eigenvalue weighted by molar-refractivity contribution is 6.35. The Labute approximate surface area is 117 Å². The first-order chi connectivity index (χ1) is 8.61. The van der Waals surface area contributed by atoms with Crippen LogP contribution in [-0.2, 0) is 13.6 Å². The zero-order chi connectivity index (χ0) is 13.1. The van der Waals surface area contributed by atoms with Gasteiger partial charge in [0.1, 0.15) is 0 Å². The van der Waals surface area contributed by atoms with Crippen molar-refractivity contribution in [2.24, 2.45) is 7.05 Å². The van der Waals surface area contributed by atoms with Gasteiger partial charge in [-0.15, -0.1) is 0 Å². The van der Waals surface area contributed by atoms with Crippen LogP contribution in [0.1, 0.15) is 12.5 Å². The van der Waals surface area contributed by atoms with Crippen LogP contribution in [0.3, 0.4) is 0 Å². The first-order valence-corrected chi connectivity index (χ1v) is 6.56. The minimum absolute atomic E-state index is 0.662. The maximum absolute atomic E-state index is 6.22. The summed E-state index contributed by atoms with van der Waals surface area (Å²) in [6.45, 7) is 3.75. The number of hydrogen-bond donors (Lipinski definition) is 1. The topological polar surface area (TPSA) is 29.9 Å². The third-order valence-corrected chi connectivity index (χ3v) is 3.22. The van der Waals surface area contributed by atoms with Crippen LogP contribution in [-0.4, -0.2) is 16.3 Å². The van der Waals surface area contributed by atoms with E-state index in [2.05, 4.69) is 17.3 Å². The first-order valence-electron chi connectivity index (χ1n) is 5.80. The van der Waals surface area contributed by atoms with Crippen molar-refractivity contribution in [2.45, 2.75) is 13.5 Å². The van der Waals surface area contributed by atoms with Crippen molar-refractivity contribution < 1.29 is 0 Å². The van der Waals surface area contributed by atoms with E-state index in [9.17, 15) is 0 Å². The van der Waals surface area contributed by atoms with Gasteiger partial charge in [0.05, 0.1) is 10.7 Å². The molecular weight excluding hydrogens is 269 g/mol. The van der Waals surface area contributed by atoms with E-state index >= 15 is 0 Å². The van der Waals surface area contributed by atoms with E-state index in [0.29, 0.717) is 10.0 Å². The summed E-state index contributed by atoms with van der Waals surface area (Å²) in [6.07, 6.45) is 2.00. The Kier molecular flexibility index (Phi) is 4.27. The van der Waals surface area contributed by atoms with Crippen LogP contribution in [0.15, 0.2) is 24.4 Å². The van der Waals surface area contributed by atoms with Crippen LogP contribution in [0.25, 0.3) is 11.3 Å². The number of rotatable bonds is 4. The molecule has 1 heterocycles. The zero-order valence-corrected chi connectivity index (χ0v) is 11.9. The molecule has 1 aromatic heterocycles. The van der Waals surface area contributed by atoms with Crippen molar-refractivity contribution in [3.8, 4) is 11.3 Å². The molecule has 1 N–H and O–H groups in total. The standard InChI is InChI=1S/C13H15Cl2N3/c1-3-16-7-9-8-18(2)17-13(9)11-6-10(14)4-5-12(11)15/h4-6,8,16H,3,7H2,1-2H3. The molecule has 0 aliphatic carbocycles. The average Bonchev–Trinajstić information content (AvgIpc) is 2.71. The van der Waals surface area contributed by atoms with E-state index in [1.165, 1.54) is 0 Å². The lowest BCUT2D eigenvalue weighted by molar-refractivity contribution is 0.724. The smallest absolute Gasteiger partial charge is 0.0983 e. The third kappa shape index (κ3) is 2.86. The van der Waals surface area contributed by atoms with Crippen LogP contribution in [0, 0.1) is 0 Å². The molecular formula is C13H15Cl2N3. The zero-order valence-electron chi connectivity index (χ0n) is 10.4. The molecule has 0 saturated heterocycles. The predicted octanol–water partition coefficient (Wildman–Crippen LogP) is 3.50. The largest absolute Gasteiger partial charge is 0.313 e. The summed E-state index contributed by atoms with van der Waals surface area (Å²) in [5, 5.41) is 9.09. The maximum Gasteiger partial charge on any atom is 0.0983 e. The fraction of sp³-hybridized carbons (Fsp3) is 0.308. The molecule has 0 bridgehead atoms. The Balaban J connectivity index is 2.45. The average molecular weight is 284 g/mol. The number of halogens is 2. The van der Waals surface area contributed by atoms with E-state index in [1.54, 1.807) is 16.8 Å². The quantitative estimate of drug-likeness (QED) is 0.931. The summed E-state index contributed by atoms with van der Waals surface area (Å²) < 4.78 is 1.79. The van der Waals surface area contributed by atoms with Crippen molar-refractivity contribution in [3.63, 3.8) is 0 Å². The van der Waals surface area contributed by atoms with Crippen molar-refractivity contribution in [3.05, 3.63) is 40.0 Å². The maximum atomic E-state index is 6.22. The van der Waals surface area contributed by atoms with Gasteiger partial charge >= 0.3 is 0 Å². The van der Waals surface area contributed by atoms with E-state index < -0.39 is 0 Å². The lowest BCUT2D eigenvalue weighted by atomic mass is 10.1. The fourth-order valence-corrected chi connectivity index (χ4v) is 2.21. The summed E-state index contributed by atoms with van der Waals surface area (Å²) >= 11 is 12.2. The lowest BCUT2D eigenvalue weighted by Gasteiger charge is -2.05. The molecule has 3 nitrogen and oxygen atoms in total. The van der Waals surface area contributed by atoms with Gasteiger partial charge in [0.2, 0.25) is 0 Å². The Morgan fingerprint density at radius 3 is 2.83 bits per heavy atom. The van der Waals surface area contributed by atoms with Gasteiger partial charge in [-0.3, -0.25) is 4.68 Å². The minimum atomic E-state index is 0.662. The van der Waals surface area contributed by atoms with Gasteiger partial charge in [-0.1, -0.05) is 30.1 Å². The Bertz CT molecular complexity index is 549. The normalized spacial score (nSPS) is 10.9. The number of aromatic nitrogens is 2. The highest BCUT2D eigenvalue weighted by Gasteiger charge is 2.13. The molecule has 0 aliphatic rings. The van der Waals surface area contributed by atoms with Crippen LogP contribution in [0.5, 0.6) is 0 Å². The van der Waals surface area contributed by atoms with Crippen LogP contribution < -0.4 is 5.32 Å². The molecule has 1 aromatic carbocycles. The van der Waals surface area contributed by atoms with Crippen molar-refractivity contribution in [2.75, 3.05) is 6.54 Å². The minimum Gasteiger partial charge on any atom is -0.313 e. The Hall–Kier alpha value is -1.03. The van der Waals surface area contributed by atoms with Gasteiger partial charge in [0.15, 0.2) is 0 Å². The molecule has 2 aromatic rings. The van der Waals surface area contributed by atoms with Crippen molar-refractivity contribution in [1.82, 2.24) is 15.1 Å². The van der Waals surface area contributed by atoms with Gasteiger partial charge in [-0.25, -0.2) is 0 Å². The number of benzene rings is 1. The van der Waals surface area contributed by atoms with Crippen LogP contribution in [0.2, 0.25) is 10.0 Å². The summed E-state index contributed by atoms with van der Waals surface area (Å²) in [5.74, 6) is 0. The fourth-order valence-electron chi connectivity index (χ4n) is 1.83. The molecule has 5 heteroatoms. The summed E-state index contributed by atoms with van der Waals surface area (Å²) in [5.41, 5.74) is 2.87. The van der Waals surface area contributed by atoms with Gasteiger partial charge in [-0.05, 0) is 24.7 Å². The number of aryl methyl sites for hydroxylation is 1. The molecule has 18 heavy (non-hydrogen) atoms. The predicted molar refractivity (Wildman–Crippen MR) is 76.0 cm³/mol. The molecule has 96 valence electrons. The number of nitrogens with zero attached hydrogens (tertiary/aromatic N) is 2. The number of nitrogens with one attached hydrogen (secondary N) is 1. The van der Waals surface area contributed by atoms with Crippen molar-refractivity contribution in [1.29, 1.82) is 0 Å². The summed E-state index contributed by atoms with van der Waals surface area (Å²) in [6, 6.07) is 5.42. The molecule has 0 radical (unpaired) electrons. The van der Waals surface area contributed by atoms with Gasteiger partial charge in [0, 0.05) is 35.9 Å². The summed E-state index contributed by atoms with van der Waals surface area (Å²) in [7, 11) is 1.90. The third-order valence-electron chi connectivity index (χ3n) is 2.65. The number of hydrogen-bond acceptors (Lipinski definition) is 2. The highest BCUT2D eigenvalue weighted by atomic mass is 35.5. The second-order valence-corrected chi connectivity index (χ2v) is 4.92. The van der Waals surface area contributed by atoms with E-state index in [4.69, 9.17) is 23.2 Å². The van der Waals surface area contributed by atoms with E-state index in [1.807, 2.05) is 19.3 Å².